The minimum Gasteiger partial charge on any atom is -0.480 e. The van der Waals surface area contributed by atoms with E-state index in [2.05, 4.69) is 20.9 Å². The van der Waals surface area contributed by atoms with E-state index < -0.39 is 72.2 Å². The number of nitrogens with two attached hydrogens (primary N) is 2. The summed E-state index contributed by atoms with van der Waals surface area (Å²) in [6, 6.07) is 1.99. The van der Waals surface area contributed by atoms with Crippen molar-refractivity contribution < 1.29 is 34.2 Å². The van der Waals surface area contributed by atoms with Crippen LogP contribution in [0.4, 0.5) is 0 Å². The van der Waals surface area contributed by atoms with Gasteiger partial charge in [-0.2, -0.15) is 0 Å². The number of aliphatic hydroxyl groups excluding tert-OH is 1. The number of rotatable bonds is 14. The molecule has 0 bridgehead atoms. The molecule has 1 aromatic carbocycles. The van der Waals surface area contributed by atoms with Gasteiger partial charge in [0, 0.05) is 23.5 Å². The third kappa shape index (κ3) is 8.02. The first-order valence-corrected chi connectivity index (χ1v) is 12.3. The number of fused-ring (bicyclic) bond motifs is 1. The molecule has 0 aliphatic carbocycles. The third-order valence-electron chi connectivity index (χ3n) is 6.33. The number of carbonyl (C=O) groups is 5. The molecule has 208 valence electrons. The standard InChI is InChI=1S/C25H36N6O7/c1-4-12(2)20(30-22(34)16(26)10-19(27)33)23(35)31-21(13(3)32)24(36)29-18(25(37)38)9-14-11-28-17-8-6-5-7-15(14)17/h5-8,11-13,16,18,20-21,28,32H,4,9-10,26H2,1-3H3,(H2,27,33)(H,29,36)(H,30,34)(H,31,35)(H,37,38). The third-order valence-corrected chi connectivity index (χ3v) is 6.33. The molecule has 0 saturated carbocycles. The fourth-order valence-electron chi connectivity index (χ4n) is 3.90. The van der Waals surface area contributed by atoms with Crippen molar-refractivity contribution in [2.45, 2.75) is 70.3 Å². The van der Waals surface area contributed by atoms with E-state index in [1.807, 2.05) is 18.2 Å². The molecule has 1 aromatic heterocycles. The average Bonchev–Trinajstić information content (AvgIpc) is 3.26. The van der Waals surface area contributed by atoms with E-state index >= 15 is 0 Å². The Morgan fingerprint density at radius 2 is 1.58 bits per heavy atom. The molecular formula is C25H36N6O7. The fourth-order valence-corrected chi connectivity index (χ4v) is 3.90. The van der Waals surface area contributed by atoms with Crippen molar-refractivity contribution in [3.63, 3.8) is 0 Å². The van der Waals surface area contributed by atoms with Crippen molar-refractivity contribution in [2.75, 3.05) is 0 Å². The van der Waals surface area contributed by atoms with Crippen molar-refractivity contribution in [1.82, 2.24) is 20.9 Å². The molecule has 0 radical (unpaired) electrons. The topological polar surface area (TPSA) is 230 Å². The van der Waals surface area contributed by atoms with Gasteiger partial charge in [0.2, 0.25) is 23.6 Å². The Labute approximate surface area is 219 Å². The molecule has 0 aliphatic heterocycles. The van der Waals surface area contributed by atoms with Crippen molar-refractivity contribution in [3.05, 3.63) is 36.0 Å². The predicted molar refractivity (Wildman–Crippen MR) is 138 cm³/mol. The summed E-state index contributed by atoms with van der Waals surface area (Å²) in [5, 5.41) is 28.0. The number of para-hydroxylation sites is 1. The highest BCUT2D eigenvalue weighted by Crippen LogP contribution is 2.19. The molecule has 2 aromatic rings. The zero-order chi connectivity index (χ0) is 28.6. The lowest BCUT2D eigenvalue weighted by Crippen LogP contribution is -2.61. The smallest absolute Gasteiger partial charge is 0.326 e. The summed E-state index contributed by atoms with van der Waals surface area (Å²) in [4.78, 5) is 64.6. The van der Waals surface area contributed by atoms with Crippen LogP contribution < -0.4 is 27.4 Å². The number of hydrogen-bond acceptors (Lipinski definition) is 7. The first-order chi connectivity index (χ1) is 17.8. The van der Waals surface area contributed by atoms with Gasteiger partial charge in [0.15, 0.2) is 0 Å². The van der Waals surface area contributed by atoms with E-state index in [9.17, 15) is 34.2 Å². The van der Waals surface area contributed by atoms with Gasteiger partial charge in [-0.3, -0.25) is 19.2 Å². The van der Waals surface area contributed by atoms with E-state index in [4.69, 9.17) is 11.5 Å². The summed E-state index contributed by atoms with van der Waals surface area (Å²) in [7, 11) is 0. The van der Waals surface area contributed by atoms with Crippen LogP contribution in [0.5, 0.6) is 0 Å². The summed E-state index contributed by atoms with van der Waals surface area (Å²) in [6.45, 7) is 4.73. The number of benzene rings is 1. The Balaban J connectivity index is 2.17. The molecule has 2 rings (SSSR count). The fraction of sp³-hybridized carbons (Fsp3) is 0.480. The zero-order valence-electron chi connectivity index (χ0n) is 21.6. The van der Waals surface area contributed by atoms with Gasteiger partial charge < -0.3 is 42.6 Å². The minimum absolute atomic E-state index is 0.0468. The van der Waals surface area contributed by atoms with Crippen LogP contribution in [-0.4, -0.2) is 75.1 Å². The van der Waals surface area contributed by atoms with Gasteiger partial charge in [-0.1, -0.05) is 38.5 Å². The first-order valence-electron chi connectivity index (χ1n) is 12.3. The number of primary amides is 1. The van der Waals surface area contributed by atoms with Gasteiger partial charge in [0.25, 0.3) is 0 Å². The summed E-state index contributed by atoms with van der Waals surface area (Å²) >= 11 is 0. The van der Waals surface area contributed by atoms with E-state index in [-0.39, 0.29) is 6.42 Å². The van der Waals surface area contributed by atoms with Crippen LogP contribution in [0.15, 0.2) is 30.5 Å². The molecule has 0 aliphatic rings. The number of nitrogens with one attached hydrogen (secondary N) is 4. The second kappa shape index (κ2) is 13.5. The lowest BCUT2D eigenvalue weighted by atomic mass is 9.97. The number of aliphatic hydroxyl groups is 1. The van der Waals surface area contributed by atoms with Crippen molar-refractivity contribution in [3.8, 4) is 0 Å². The Kier molecular flexibility index (Phi) is 10.8. The molecule has 6 unspecified atom stereocenters. The number of aromatic amines is 1. The SMILES string of the molecule is CCC(C)C(NC(=O)C(N)CC(N)=O)C(=O)NC(C(=O)NC(Cc1c[nH]c2ccccc12)C(=O)O)C(C)O. The van der Waals surface area contributed by atoms with Gasteiger partial charge >= 0.3 is 5.97 Å². The number of H-pyrrole nitrogens is 1. The number of hydrogen-bond donors (Lipinski definition) is 8. The number of amides is 4. The molecule has 1 heterocycles. The monoisotopic (exact) mass is 532 g/mol. The van der Waals surface area contributed by atoms with Gasteiger partial charge in [-0.25, -0.2) is 4.79 Å². The zero-order valence-corrected chi connectivity index (χ0v) is 21.6. The molecule has 0 saturated heterocycles. The Hall–Kier alpha value is -3.97. The first kappa shape index (κ1) is 30.3. The Bertz CT molecular complexity index is 1160. The minimum atomic E-state index is -1.52. The highest BCUT2D eigenvalue weighted by atomic mass is 16.4. The quantitative estimate of drug-likeness (QED) is 0.148. The van der Waals surface area contributed by atoms with Crippen molar-refractivity contribution in [1.29, 1.82) is 0 Å². The van der Waals surface area contributed by atoms with E-state index in [0.717, 1.165) is 10.9 Å². The molecule has 0 spiro atoms. The maximum absolute atomic E-state index is 13.1. The number of carboxylic acids is 1. The molecule has 0 fully saturated rings. The molecule has 6 atom stereocenters. The number of carbonyl (C=O) groups excluding carboxylic acids is 4. The van der Waals surface area contributed by atoms with Gasteiger partial charge in [-0.05, 0) is 24.5 Å². The normalized spacial score (nSPS) is 15.9. The molecule has 13 heteroatoms. The van der Waals surface area contributed by atoms with E-state index in [0.29, 0.717) is 12.0 Å². The maximum atomic E-state index is 13.1. The second-order valence-electron chi connectivity index (χ2n) is 9.34. The number of aromatic nitrogens is 1. The molecular weight excluding hydrogens is 496 g/mol. The lowest BCUT2D eigenvalue weighted by Gasteiger charge is -2.28. The highest BCUT2D eigenvalue weighted by molar-refractivity contribution is 5.95. The number of aliphatic carboxylic acids is 1. The van der Waals surface area contributed by atoms with Crippen molar-refractivity contribution in [2.24, 2.45) is 17.4 Å². The largest absolute Gasteiger partial charge is 0.480 e. The van der Waals surface area contributed by atoms with Crippen LogP contribution >= 0.6 is 0 Å². The lowest BCUT2D eigenvalue weighted by molar-refractivity contribution is -0.143. The summed E-state index contributed by atoms with van der Waals surface area (Å²) < 4.78 is 0. The average molecular weight is 533 g/mol. The molecule has 4 amide bonds. The molecule has 38 heavy (non-hydrogen) atoms. The Morgan fingerprint density at radius 3 is 2.16 bits per heavy atom. The van der Waals surface area contributed by atoms with Crippen LogP contribution in [0.2, 0.25) is 0 Å². The Morgan fingerprint density at radius 1 is 0.974 bits per heavy atom. The predicted octanol–water partition coefficient (Wildman–Crippen LogP) is -1.12. The second-order valence-corrected chi connectivity index (χ2v) is 9.34. The highest BCUT2D eigenvalue weighted by Gasteiger charge is 2.34. The summed E-state index contributed by atoms with van der Waals surface area (Å²) in [5.41, 5.74) is 12.2. The van der Waals surface area contributed by atoms with E-state index in [1.165, 1.54) is 6.92 Å². The van der Waals surface area contributed by atoms with Gasteiger partial charge in [-0.15, -0.1) is 0 Å². The number of carboxylic acid groups (broad SMARTS) is 1. The van der Waals surface area contributed by atoms with Crippen LogP contribution in [0.1, 0.15) is 39.2 Å². The van der Waals surface area contributed by atoms with Crippen LogP contribution in [0.3, 0.4) is 0 Å². The van der Waals surface area contributed by atoms with Gasteiger partial charge in [0.1, 0.15) is 18.1 Å². The van der Waals surface area contributed by atoms with Crippen molar-refractivity contribution >= 4 is 40.5 Å². The maximum Gasteiger partial charge on any atom is 0.326 e. The molecule has 13 nitrogen and oxygen atoms in total. The van der Waals surface area contributed by atoms with Crippen LogP contribution in [0, 0.1) is 5.92 Å². The summed E-state index contributed by atoms with van der Waals surface area (Å²) in [6.07, 6.45) is 0.247. The summed E-state index contributed by atoms with van der Waals surface area (Å²) in [5.74, 6) is -4.99. The van der Waals surface area contributed by atoms with E-state index in [1.54, 1.807) is 26.1 Å². The van der Waals surface area contributed by atoms with Crippen LogP contribution in [0.25, 0.3) is 10.9 Å². The van der Waals surface area contributed by atoms with Crippen LogP contribution in [-0.2, 0) is 30.4 Å². The molecule has 10 N–H and O–H groups in total. The van der Waals surface area contributed by atoms with Gasteiger partial charge in [0.05, 0.1) is 18.6 Å².